The summed E-state index contributed by atoms with van der Waals surface area (Å²) >= 11 is 1.23. The molecule has 0 aliphatic carbocycles. The van der Waals surface area contributed by atoms with Crippen LogP contribution in [0.2, 0.25) is 0 Å². The molecule has 6 nitrogen and oxygen atoms in total. The van der Waals surface area contributed by atoms with Crippen LogP contribution in [0.5, 0.6) is 5.75 Å². The number of sulfonamides is 1. The van der Waals surface area contributed by atoms with E-state index in [1.54, 1.807) is 23.5 Å². The third kappa shape index (κ3) is 5.12. The summed E-state index contributed by atoms with van der Waals surface area (Å²) in [6, 6.07) is 10.8. The average Bonchev–Trinajstić information content (AvgIpc) is 3.17. The number of piperidine rings is 1. The predicted octanol–water partition coefficient (Wildman–Crippen LogP) is 3.04. The fourth-order valence-electron chi connectivity index (χ4n) is 3.12. The molecule has 0 radical (unpaired) electrons. The Bertz CT molecular complexity index is 899. The van der Waals surface area contributed by atoms with E-state index in [2.05, 4.69) is 12.2 Å². The molecule has 28 heavy (non-hydrogen) atoms. The molecule has 1 aliphatic heterocycles. The summed E-state index contributed by atoms with van der Waals surface area (Å²) in [5.74, 6) is 1.22. The SMILES string of the molecule is COc1ccc(CC(=O)NCc2ccc(S(=O)(=O)N3CCC(C)CC3)s2)cc1. The molecule has 0 bridgehead atoms. The number of amides is 1. The largest absolute Gasteiger partial charge is 0.497 e. The van der Waals surface area contributed by atoms with Crippen molar-refractivity contribution in [2.24, 2.45) is 5.92 Å². The van der Waals surface area contributed by atoms with Crippen molar-refractivity contribution >= 4 is 27.3 Å². The Kier molecular flexibility index (Phi) is 6.74. The molecule has 0 atom stereocenters. The standard InChI is InChI=1S/C20H26N2O4S2/c1-15-9-11-22(12-10-15)28(24,25)20-8-7-18(27-20)14-21-19(23)13-16-3-5-17(26-2)6-4-16/h3-8,15H,9-14H2,1-2H3,(H,21,23). The molecule has 152 valence electrons. The van der Waals surface area contributed by atoms with Gasteiger partial charge in [-0.2, -0.15) is 4.31 Å². The lowest BCUT2D eigenvalue weighted by Gasteiger charge is -2.28. The summed E-state index contributed by atoms with van der Waals surface area (Å²) in [7, 11) is -1.83. The molecule has 1 amide bonds. The van der Waals surface area contributed by atoms with Gasteiger partial charge in [0.15, 0.2) is 0 Å². The van der Waals surface area contributed by atoms with E-state index in [4.69, 9.17) is 4.74 Å². The van der Waals surface area contributed by atoms with Crippen LogP contribution in [0.15, 0.2) is 40.6 Å². The second kappa shape index (κ2) is 9.07. The lowest BCUT2D eigenvalue weighted by atomic mass is 10.0. The molecule has 3 rings (SSSR count). The molecule has 1 aromatic heterocycles. The Morgan fingerprint density at radius 3 is 2.50 bits per heavy atom. The lowest BCUT2D eigenvalue weighted by molar-refractivity contribution is -0.120. The van der Waals surface area contributed by atoms with Crippen LogP contribution in [0.25, 0.3) is 0 Å². The van der Waals surface area contributed by atoms with E-state index in [9.17, 15) is 13.2 Å². The first-order chi connectivity index (χ1) is 13.4. The normalized spacial score (nSPS) is 16.1. The topological polar surface area (TPSA) is 75.7 Å². The molecule has 1 aliphatic rings. The van der Waals surface area contributed by atoms with Crippen LogP contribution >= 0.6 is 11.3 Å². The first kappa shape index (κ1) is 20.8. The molecule has 0 saturated carbocycles. The summed E-state index contributed by atoms with van der Waals surface area (Å²) in [4.78, 5) is 13.0. The third-order valence-electron chi connectivity index (χ3n) is 4.96. The van der Waals surface area contributed by atoms with Gasteiger partial charge in [-0.3, -0.25) is 4.79 Å². The van der Waals surface area contributed by atoms with Gasteiger partial charge in [-0.25, -0.2) is 8.42 Å². The number of thiophene rings is 1. The number of ether oxygens (including phenoxy) is 1. The maximum Gasteiger partial charge on any atom is 0.252 e. The van der Waals surface area contributed by atoms with Gasteiger partial charge in [0.2, 0.25) is 5.91 Å². The molecular formula is C20H26N2O4S2. The quantitative estimate of drug-likeness (QED) is 0.744. The fraction of sp³-hybridized carbons (Fsp3) is 0.450. The van der Waals surface area contributed by atoms with Crippen molar-refractivity contribution in [3.8, 4) is 5.75 Å². The van der Waals surface area contributed by atoms with Crippen molar-refractivity contribution in [2.75, 3.05) is 20.2 Å². The van der Waals surface area contributed by atoms with Crippen LogP contribution in [0.3, 0.4) is 0 Å². The minimum atomic E-state index is -3.43. The monoisotopic (exact) mass is 422 g/mol. The van der Waals surface area contributed by atoms with Crippen molar-refractivity contribution in [2.45, 2.75) is 36.9 Å². The minimum Gasteiger partial charge on any atom is -0.497 e. The Morgan fingerprint density at radius 2 is 1.86 bits per heavy atom. The summed E-state index contributed by atoms with van der Waals surface area (Å²) in [6.45, 7) is 3.64. The van der Waals surface area contributed by atoms with E-state index in [0.717, 1.165) is 29.0 Å². The maximum atomic E-state index is 12.8. The highest BCUT2D eigenvalue weighted by Crippen LogP contribution is 2.28. The Morgan fingerprint density at radius 1 is 1.18 bits per heavy atom. The highest BCUT2D eigenvalue weighted by Gasteiger charge is 2.29. The fourth-order valence-corrected chi connectivity index (χ4v) is 6.04. The van der Waals surface area contributed by atoms with Gasteiger partial charge in [0, 0.05) is 18.0 Å². The number of carbonyl (C=O) groups excluding carboxylic acids is 1. The third-order valence-corrected chi connectivity index (χ3v) is 8.41. The second-order valence-electron chi connectivity index (χ2n) is 7.11. The highest BCUT2D eigenvalue weighted by atomic mass is 32.2. The Hall–Kier alpha value is -1.90. The van der Waals surface area contributed by atoms with Crippen LogP contribution in [0.1, 0.15) is 30.2 Å². The Balaban J connectivity index is 1.54. The summed E-state index contributed by atoms with van der Waals surface area (Å²) in [5.41, 5.74) is 0.895. The van der Waals surface area contributed by atoms with Crippen LogP contribution in [-0.2, 0) is 27.8 Å². The lowest BCUT2D eigenvalue weighted by Crippen LogP contribution is -2.37. The predicted molar refractivity (Wildman–Crippen MR) is 110 cm³/mol. The van der Waals surface area contributed by atoms with Gasteiger partial charge in [-0.05, 0) is 48.6 Å². The van der Waals surface area contributed by atoms with E-state index < -0.39 is 10.0 Å². The van der Waals surface area contributed by atoms with Crippen LogP contribution in [0, 0.1) is 5.92 Å². The number of methoxy groups -OCH3 is 1. The van der Waals surface area contributed by atoms with Crippen LogP contribution in [-0.4, -0.2) is 38.8 Å². The van der Waals surface area contributed by atoms with E-state index >= 15 is 0 Å². The molecule has 1 aromatic carbocycles. The molecule has 8 heteroatoms. The van der Waals surface area contributed by atoms with Gasteiger partial charge in [0.1, 0.15) is 9.96 Å². The number of benzene rings is 1. The molecule has 2 aromatic rings. The van der Waals surface area contributed by atoms with Crippen LogP contribution < -0.4 is 10.1 Å². The number of nitrogens with zero attached hydrogens (tertiary/aromatic N) is 1. The molecule has 1 saturated heterocycles. The molecule has 1 N–H and O–H groups in total. The van der Waals surface area contributed by atoms with E-state index in [-0.39, 0.29) is 12.3 Å². The summed E-state index contributed by atoms with van der Waals surface area (Å²) in [6.07, 6.45) is 2.07. The number of nitrogens with one attached hydrogen (secondary N) is 1. The van der Waals surface area contributed by atoms with Crippen LogP contribution in [0.4, 0.5) is 0 Å². The van der Waals surface area contributed by atoms with Crippen molar-refractivity contribution in [1.29, 1.82) is 0 Å². The van der Waals surface area contributed by atoms with Gasteiger partial charge in [0.05, 0.1) is 20.1 Å². The molecular weight excluding hydrogens is 396 g/mol. The van der Waals surface area contributed by atoms with E-state index in [0.29, 0.717) is 29.8 Å². The van der Waals surface area contributed by atoms with Crippen molar-refractivity contribution in [3.05, 3.63) is 46.8 Å². The summed E-state index contributed by atoms with van der Waals surface area (Å²) < 4.78 is 32.6. The number of carbonyl (C=O) groups is 1. The van der Waals surface area contributed by atoms with Gasteiger partial charge in [-0.1, -0.05) is 19.1 Å². The number of hydrogen-bond donors (Lipinski definition) is 1. The Labute approximate surface area is 170 Å². The highest BCUT2D eigenvalue weighted by molar-refractivity contribution is 7.91. The second-order valence-corrected chi connectivity index (χ2v) is 10.4. The van der Waals surface area contributed by atoms with Gasteiger partial charge in [-0.15, -0.1) is 11.3 Å². The van der Waals surface area contributed by atoms with Crippen molar-refractivity contribution in [3.63, 3.8) is 0 Å². The maximum absolute atomic E-state index is 12.8. The number of rotatable bonds is 7. The zero-order chi connectivity index (χ0) is 20.1. The van der Waals surface area contributed by atoms with Gasteiger partial charge in [0.25, 0.3) is 10.0 Å². The first-order valence-corrected chi connectivity index (χ1v) is 11.6. The van der Waals surface area contributed by atoms with Gasteiger partial charge < -0.3 is 10.1 Å². The van der Waals surface area contributed by atoms with Crippen molar-refractivity contribution in [1.82, 2.24) is 9.62 Å². The number of hydrogen-bond acceptors (Lipinski definition) is 5. The zero-order valence-corrected chi connectivity index (χ0v) is 17.8. The molecule has 1 fully saturated rings. The van der Waals surface area contributed by atoms with E-state index in [1.807, 2.05) is 24.3 Å². The molecule has 2 heterocycles. The molecule has 0 unspecified atom stereocenters. The smallest absolute Gasteiger partial charge is 0.252 e. The first-order valence-electron chi connectivity index (χ1n) is 9.37. The zero-order valence-electron chi connectivity index (χ0n) is 16.2. The minimum absolute atomic E-state index is 0.104. The average molecular weight is 423 g/mol. The van der Waals surface area contributed by atoms with Crippen molar-refractivity contribution < 1.29 is 17.9 Å². The molecule has 0 spiro atoms. The summed E-state index contributed by atoms with van der Waals surface area (Å²) in [5, 5.41) is 2.86. The van der Waals surface area contributed by atoms with Gasteiger partial charge >= 0.3 is 0 Å². The van der Waals surface area contributed by atoms with E-state index in [1.165, 1.54) is 11.3 Å².